The minimum Gasteiger partial charge on any atom is -0.440 e. The quantitative estimate of drug-likeness (QED) is 0.588. The molecule has 1 amide bonds. The number of carbonyl (C=O) groups excluding carboxylic acids is 1. The molecule has 0 radical (unpaired) electrons. The number of ether oxygens (including phenoxy) is 1. The zero-order valence-electron chi connectivity index (χ0n) is 7.78. The molecule has 12 heavy (non-hydrogen) atoms. The molecule has 1 aliphatic heterocycles. The Bertz CT molecular complexity index is 201. The summed E-state index contributed by atoms with van der Waals surface area (Å²) in [6, 6.07) is 0.134. The number of nitrogens with zero attached hydrogens (tertiary/aromatic N) is 1. The van der Waals surface area contributed by atoms with Crippen LogP contribution in [0.4, 0.5) is 4.79 Å². The van der Waals surface area contributed by atoms with Gasteiger partial charge in [0.25, 0.3) is 0 Å². The van der Waals surface area contributed by atoms with Gasteiger partial charge in [-0.1, -0.05) is 20.4 Å². The molecule has 3 heteroatoms. The highest BCUT2D eigenvalue weighted by Crippen LogP contribution is 2.24. The fraction of sp³-hybridized carbons (Fsp3) is 0.667. The summed E-state index contributed by atoms with van der Waals surface area (Å²) in [6.07, 6.45) is 1.28. The van der Waals surface area contributed by atoms with Crippen molar-refractivity contribution in [3.8, 4) is 0 Å². The highest BCUT2D eigenvalue weighted by molar-refractivity contribution is 5.70. The third-order valence-corrected chi connectivity index (χ3v) is 2.22. The number of cyclic esters (lactones) is 1. The Kier molecular flexibility index (Phi) is 2.40. The van der Waals surface area contributed by atoms with Crippen LogP contribution in [0.1, 0.15) is 13.8 Å². The first kappa shape index (κ1) is 9.10. The molecule has 0 aromatic heterocycles. The van der Waals surface area contributed by atoms with Crippen molar-refractivity contribution < 1.29 is 9.53 Å². The molecule has 0 aromatic carbocycles. The fourth-order valence-electron chi connectivity index (χ4n) is 1.63. The van der Waals surface area contributed by atoms with Crippen LogP contribution >= 0.6 is 0 Å². The van der Waals surface area contributed by atoms with E-state index in [1.165, 1.54) is 0 Å². The van der Waals surface area contributed by atoms with Crippen molar-refractivity contribution in [2.45, 2.75) is 26.0 Å². The third kappa shape index (κ3) is 1.31. The summed E-state index contributed by atoms with van der Waals surface area (Å²) in [4.78, 5) is 12.8. The highest BCUT2D eigenvalue weighted by atomic mass is 16.6. The number of hydrogen-bond donors (Lipinski definition) is 0. The summed E-state index contributed by atoms with van der Waals surface area (Å²) in [7, 11) is 1.76. The Morgan fingerprint density at radius 1 is 1.67 bits per heavy atom. The van der Waals surface area contributed by atoms with Crippen LogP contribution in [0.25, 0.3) is 0 Å². The molecule has 1 heterocycles. The van der Waals surface area contributed by atoms with Gasteiger partial charge in [0.1, 0.15) is 6.10 Å². The van der Waals surface area contributed by atoms with Crippen molar-refractivity contribution in [1.29, 1.82) is 0 Å². The molecule has 0 bridgehead atoms. The molecule has 1 fully saturated rings. The molecule has 1 rings (SSSR count). The van der Waals surface area contributed by atoms with Crippen LogP contribution in [-0.4, -0.2) is 30.2 Å². The smallest absolute Gasteiger partial charge is 0.410 e. The van der Waals surface area contributed by atoms with E-state index in [-0.39, 0.29) is 18.2 Å². The zero-order chi connectivity index (χ0) is 9.30. The van der Waals surface area contributed by atoms with Crippen molar-refractivity contribution in [1.82, 2.24) is 4.90 Å². The van der Waals surface area contributed by atoms with Gasteiger partial charge in [0.2, 0.25) is 0 Å². The van der Waals surface area contributed by atoms with E-state index < -0.39 is 0 Å². The van der Waals surface area contributed by atoms with Gasteiger partial charge < -0.3 is 9.64 Å². The van der Waals surface area contributed by atoms with Crippen molar-refractivity contribution in [2.75, 3.05) is 7.05 Å². The lowest BCUT2D eigenvalue weighted by atomic mass is 9.98. The zero-order valence-corrected chi connectivity index (χ0v) is 7.78. The molecule has 0 N–H and O–H groups in total. The summed E-state index contributed by atoms with van der Waals surface area (Å²) in [5.41, 5.74) is 0. The largest absolute Gasteiger partial charge is 0.440 e. The molecule has 0 aliphatic carbocycles. The number of carbonyl (C=O) groups is 1. The van der Waals surface area contributed by atoms with Crippen LogP contribution in [-0.2, 0) is 4.74 Å². The maximum atomic E-state index is 11.1. The molecule has 1 saturated heterocycles. The SMILES string of the molecule is C=CC1OC(=O)N(C)C1C(C)C. The van der Waals surface area contributed by atoms with E-state index in [9.17, 15) is 4.79 Å². The normalized spacial score (nSPS) is 29.3. The second-order valence-corrected chi connectivity index (χ2v) is 3.43. The van der Waals surface area contributed by atoms with Gasteiger partial charge in [-0.05, 0) is 12.0 Å². The van der Waals surface area contributed by atoms with Crippen LogP contribution in [0.3, 0.4) is 0 Å². The lowest BCUT2D eigenvalue weighted by Gasteiger charge is -2.22. The lowest BCUT2D eigenvalue weighted by molar-refractivity contribution is 0.147. The molecule has 2 unspecified atom stereocenters. The van der Waals surface area contributed by atoms with Gasteiger partial charge in [-0.3, -0.25) is 0 Å². The Balaban J connectivity index is 2.80. The predicted octanol–water partition coefficient (Wildman–Crippen LogP) is 1.65. The van der Waals surface area contributed by atoms with E-state index in [1.54, 1.807) is 18.0 Å². The fourth-order valence-corrected chi connectivity index (χ4v) is 1.63. The number of likely N-dealkylation sites (N-methyl/N-ethyl adjacent to an activating group) is 1. The second kappa shape index (κ2) is 3.17. The molecular formula is C9H15NO2. The summed E-state index contributed by atoms with van der Waals surface area (Å²) < 4.78 is 5.07. The van der Waals surface area contributed by atoms with Crippen molar-refractivity contribution in [2.24, 2.45) is 5.92 Å². The van der Waals surface area contributed by atoms with Gasteiger partial charge in [0, 0.05) is 7.05 Å². The van der Waals surface area contributed by atoms with Crippen LogP contribution < -0.4 is 0 Å². The summed E-state index contributed by atoms with van der Waals surface area (Å²) in [5.74, 6) is 0.393. The number of rotatable bonds is 2. The van der Waals surface area contributed by atoms with E-state index in [0.717, 1.165) is 0 Å². The third-order valence-electron chi connectivity index (χ3n) is 2.22. The molecule has 2 atom stereocenters. The monoisotopic (exact) mass is 169 g/mol. The minimum absolute atomic E-state index is 0.134. The number of amides is 1. The highest BCUT2D eigenvalue weighted by Gasteiger charge is 2.39. The minimum atomic E-state index is -0.251. The van der Waals surface area contributed by atoms with Gasteiger partial charge in [-0.2, -0.15) is 0 Å². The Hall–Kier alpha value is -0.990. The molecule has 0 saturated carbocycles. The molecule has 0 aromatic rings. The summed E-state index contributed by atoms with van der Waals surface area (Å²) in [6.45, 7) is 7.78. The maximum absolute atomic E-state index is 11.1. The standard InChI is InChI=1S/C9H15NO2/c1-5-7-8(6(2)3)10(4)9(11)12-7/h5-8H,1H2,2-4H3. The average Bonchev–Trinajstić information content (AvgIpc) is 2.28. The predicted molar refractivity (Wildman–Crippen MR) is 46.9 cm³/mol. The molecule has 1 aliphatic rings. The van der Waals surface area contributed by atoms with E-state index in [2.05, 4.69) is 20.4 Å². The second-order valence-electron chi connectivity index (χ2n) is 3.43. The Morgan fingerprint density at radius 2 is 2.25 bits per heavy atom. The first-order valence-electron chi connectivity index (χ1n) is 4.14. The molecular weight excluding hydrogens is 154 g/mol. The average molecular weight is 169 g/mol. The van der Waals surface area contributed by atoms with Gasteiger partial charge in [-0.25, -0.2) is 4.79 Å². The van der Waals surface area contributed by atoms with E-state index >= 15 is 0 Å². The van der Waals surface area contributed by atoms with Crippen molar-refractivity contribution in [3.63, 3.8) is 0 Å². The van der Waals surface area contributed by atoms with Crippen LogP contribution in [0.15, 0.2) is 12.7 Å². The van der Waals surface area contributed by atoms with Gasteiger partial charge in [-0.15, -0.1) is 0 Å². The summed E-state index contributed by atoms with van der Waals surface area (Å²) in [5, 5.41) is 0. The lowest BCUT2D eigenvalue weighted by Crippen LogP contribution is -2.37. The van der Waals surface area contributed by atoms with Gasteiger partial charge >= 0.3 is 6.09 Å². The van der Waals surface area contributed by atoms with E-state index in [4.69, 9.17) is 4.74 Å². The van der Waals surface area contributed by atoms with E-state index in [0.29, 0.717) is 5.92 Å². The molecule has 68 valence electrons. The molecule has 0 spiro atoms. The van der Waals surface area contributed by atoms with Crippen LogP contribution in [0.5, 0.6) is 0 Å². The Morgan fingerprint density at radius 3 is 2.58 bits per heavy atom. The summed E-state index contributed by atoms with van der Waals surface area (Å²) >= 11 is 0. The van der Waals surface area contributed by atoms with Crippen LogP contribution in [0, 0.1) is 5.92 Å². The first-order chi connectivity index (χ1) is 5.57. The Labute approximate surface area is 73.0 Å². The van der Waals surface area contributed by atoms with Crippen molar-refractivity contribution >= 4 is 6.09 Å². The van der Waals surface area contributed by atoms with Crippen LogP contribution in [0.2, 0.25) is 0 Å². The maximum Gasteiger partial charge on any atom is 0.410 e. The van der Waals surface area contributed by atoms with E-state index in [1.807, 2.05) is 0 Å². The van der Waals surface area contributed by atoms with Gasteiger partial charge in [0.05, 0.1) is 6.04 Å². The number of hydrogen-bond acceptors (Lipinski definition) is 2. The van der Waals surface area contributed by atoms with Gasteiger partial charge in [0.15, 0.2) is 0 Å². The topological polar surface area (TPSA) is 29.5 Å². The van der Waals surface area contributed by atoms with Crippen molar-refractivity contribution in [3.05, 3.63) is 12.7 Å². The molecule has 3 nitrogen and oxygen atoms in total. The first-order valence-corrected chi connectivity index (χ1v) is 4.14.